The van der Waals surface area contributed by atoms with Crippen LogP contribution in [0.1, 0.15) is 37.2 Å². The summed E-state index contributed by atoms with van der Waals surface area (Å²) in [6.07, 6.45) is 1.49. The van der Waals surface area contributed by atoms with Gasteiger partial charge in [-0.05, 0) is 30.5 Å². The maximum Gasteiger partial charge on any atom is 0.272 e. The Morgan fingerprint density at radius 3 is 2.37 bits per heavy atom. The summed E-state index contributed by atoms with van der Waals surface area (Å²) in [5.74, 6) is 0.645. The SMILES string of the molecule is CC(C)CCC(=O)N1CCN(C(=O)c2cc(-c3ccc(Br)cc3)n[nH]2)CC1. The van der Waals surface area contributed by atoms with Crippen molar-refractivity contribution in [3.8, 4) is 11.3 Å². The Labute approximate surface area is 168 Å². The first-order valence-corrected chi connectivity index (χ1v) is 10.1. The molecule has 0 saturated carbocycles. The molecule has 1 saturated heterocycles. The first-order chi connectivity index (χ1) is 12.9. The number of aromatic nitrogens is 2. The van der Waals surface area contributed by atoms with Gasteiger partial charge in [0.15, 0.2) is 0 Å². The molecule has 2 heterocycles. The zero-order valence-electron chi connectivity index (χ0n) is 15.7. The van der Waals surface area contributed by atoms with Gasteiger partial charge in [-0.25, -0.2) is 0 Å². The third-order valence-electron chi connectivity index (χ3n) is 4.80. The van der Waals surface area contributed by atoms with E-state index in [4.69, 9.17) is 0 Å². The van der Waals surface area contributed by atoms with E-state index in [2.05, 4.69) is 40.0 Å². The van der Waals surface area contributed by atoms with Crippen molar-refractivity contribution in [1.29, 1.82) is 0 Å². The van der Waals surface area contributed by atoms with Crippen molar-refractivity contribution in [3.05, 3.63) is 40.5 Å². The zero-order chi connectivity index (χ0) is 19.4. The van der Waals surface area contributed by atoms with Crippen LogP contribution in [0.2, 0.25) is 0 Å². The third kappa shape index (κ3) is 4.97. The molecule has 144 valence electrons. The zero-order valence-corrected chi connectivity index (χ0v) is 17.3. The van der Waals surface area contributed by atoms with E-state index < -0.39 is 0 Å². The molecule has 1 aromatic heterocycles. The number of hydrogen-bond acceptors (Lipinski definition) is 3. The topological polar surface area (TPSA) is 69.3 Å². The maximum atomic E-state index is 12.7. The summed E-state index contributed by atoms with van der Waals surface area (Å²) in [5, 5.41) is 7.11. The molecule has 0 radical (unpaired) electrons. The van der Waals surface area contributed by atoms with Gasteiger partial charge < -0.3 is 9.80 Å². The Kier molecular flexibility index (Phi) is 6.31. The summed E-state index contributed by atoms with van der Waals surface area (Å²) in [5.41, 5.74) is 2.18. The van der Waals surface area contributed by atoms with Crippen LogP contribution in [0, 0.1) is 5.92 Å². The minimum absolute atomic E-state index is 0.0693. The van der Waals surface area contributed by atoms with Gasteiger partial charge in [-0.15, -0.1) is 0 Å². The van der Waals surface area contributed by atoms with Crippen LogP contribution in [0.3, 0.4) is 0 Å². The van der Waals surface area contributed by atoms with Gasteiger partial charge in [0.1, 0.15) is 5.69 Å². The largest absolute Gasteiger partial charge is 0.339 e. The Balaban J connectivity index is 1.57. The second kappa shape index (κ2) is 8.69. The highest BCUT2D eigenvalue weighted by molar-refractivity contribution is 9.10. The van der Waals surface area contributed by atoms with Crippen molar-refractivity contribution >= 4 is 27.7 Å². The Bertz CT molecular complexity index is 793. The first kappa shape index (κ1) is 19.6. The molecule has 0 bridgehead atoms. The lowest BCUT2D eigenvalue weighted by Crippen LogP contribution is -2.50. The Morgan fingerprint density at radius 1 is 1.11 bits per heavy atom. The van der Waals surface area contributed by atoms with E-state index >= 15 is 0 Å². The molecule has 1 fully saturated rings. The highest BCUT2D eigenvalue weighted by atomic mass is 79.9. The summed E-state index contributed by atoms with van der Waals surface area (Å²) in [6.45, 7) is 6.54. The molecule has 0 unspecified atom stereocenters. The summed E-state index contributed by atoms with van der Waals surface area (Å²) in [4.78, 5) is 28.6. The molecule has 2 amide bonds. The molecule has 2 aromatic rings. The number of amides is 2. The average molecular weight is 433 g/mol. The number of aromatic amines is 1. The summed E-state index contributed by atoms with van der Waals surface area (Å²) < 4.78 is 0.999. The molecular formula is C20H25BrN4O2. The number of carbonyl (C=O) groups excluding carboxylic acids is 2. The molecule has 0 atom stereocenters. The van der Waals surface area contributed by atoms with Gasteiger partial charge in [0.2, 0.25) is 5.91 Å². The van der Waals surface area contributed by atoms with E-state index in [1.807, 2.05) is 29.2 Å². The molecule has 0 aliphatic carbocycles. The standard InChI is InChI=1S/C20H25BrN4O2/c1-14(2)3-8-19(26)24-9-11-25(12-10-24)20(27)18-13-17(22-23-18)15-4-6-16(21)7-5-15/h4-7,13-14H,3,8-12H2,1-2H3,(H,22,23). The van der Waals surface area contributed by atoms with Crippen LogP contribution >= 0.6 is 15.9 Å². The van der Waals surface area contributed by atoms with Gasteiger partial charge in [0.25, 0.3) is 5.91 Å². The van der Waals surface area contributed by atoms with E-state index in [1.165, 1.54) is 0 Å². The quantitative estimate of drug-likeness (QED) is 0.784. The van der Waals surface area contributed by atoms with Gasteiger partial charge in [0.05, 0.1) is 5.69 Å². The molecule has 27 heavy (non-hydrogen) atoms. The predicted molar refractivity (Wildman–Crippen MR) is 108 cm³/mol. The highest BCUT2D eigenvalue weighted by Gasteiger charge is 2.25. The normalized spacial score (nSPS) is 14.7. The molecule has 7 heteroatoms. The molecule has 1 aliphatic heterocycles. The number of rotatable bonds is 5. The van der Waals surface area contributed by atoms with E-state index in [9.17, 15) is 9.59 Å². The molecular weight excluding hydrogens is 408 g/mol. The van der Waals surface area contributed by atoms with Crippen LogP contribution in [0.4, 0.5) is 0 Å². The van der Waals surface area contributed by atoms with Crippen molar-refractivity contribution in [2.24, 2.45) is 5.92 Å². The maximum absolute atomic E-state index is 12.7. The van der Waals surface area contributed by atoms with Crippen LogP contribution in [0.25, 0.3) is 11.3 Å². The van der Waals surface area contributed by atoms with Crippen molar-refractivity contribution in [2.45, 2.75) is 26.7 Å². The lowest BCUT2D eigenvalue weighted by molar-refractivity contribution is -0.132. The van der Waals surface area contributed by atoms with Gasteiger partial charge in [-0.2, -0.15) is 5.10 Å². The lowest BCUT2D eigenvalue weighted by atomic mass is 10.1. The van der Waals surface area contributed by atoms with Crippen molar-refractivity contribution < 1.29 is 9.59 Å². The minimum atomic E-state index is -0.0693. The first-order valence-electron chi connectivity index (χ1n) is 9.32. The second-order valence-electron chi connectivity index (χ2n) is 7.28. The number of halogens is 1. The summed E-state index contributed by atoms with van der Waals surface area (Å²) in [6, 6.07) is 9.58. The number of carbonyl (C=O) groups is 2. The number of piperazine rings is 1. The van der Waals surface area contributed by atoms with E-state index in [0.29, 0.717) is 44.2 Å². The van der Waals surface area contributed by atoms with Gasteiger partial charge in [-0.3, -0.25) is 14.7 Å². The minimum Gasteiger partial charge on any atom is -0.339 e. The van der Waals surface area contributed by atoms with Gasteiger partial charge in [-0.1, -0.05) is 41.9 Å². The number of nitrogens with one attached hydrogen (secondary N) is 1. The van der Waals surface area contributed by atoms with Crippen LogP contribution in [-0.4, -0.2) is 58.0 Å². The van der Waals surface area contributed by atoms with Crippen LogP contribution < -0.4 is 0 Å². The number of nitrogens with zero attached hydrogens (tertiary/aromatic N) is 3. The summed E-state index contributed by atoms with van der Waals surface area (Å²) in [7, 11) is 0. The molecule has 1 N–H and O–H groups in total. The highest BCUT2D eigenvalue weighted by Crippen LogP contribution is 2.21. The van der Waals surface area contributed by atoms with Crippen molar-refractivity contribution in [3.63, 3.8) is 0 Å². The van der Waals surface area contributed by atoms with Crippen LogP contribution in [0.5, 0.6) is 0 Å². The molecule has 6 nitrogen and oxygen atoms in total. The Morgan fingerprint density at radius 2 is 1.74 bits per heavy atom. The smallest absolute Gasteiger partial charge is 0.272 e. The average Bonchev–Trinajstić information content (AvgIpc) is 3.16. The van der Waals surface area contributed by atoms with Crippen molar-refractivity contribution in [2.75, 3.05) is 26.2 Å². The Hall–Kier alpha value is -2.15. The number of hydrogen-bond donors (Lipinski definition) is 1. The van der Waals surface area contributed by atoms with Crippen LogP contribution in [0.15, 0.2) is 34.8 Å². The third-order valence-corrected chi connectivity index (χ3v) is 5.33. The monoisotopic (exact) mass is 432 g/mol. The fourth-order valence-electron chi connectivity index (χ4n) is 3.10. The van der Waals surface area contributed by atoms with E-state index in [1.54, 1.807) is 11.0 Å². The molecule has 1 aliphatic rings. The number of benzene rings is 1. The van der Waals surface area contributed by atoms with Gasteiger partial charge in [0, 0.05) is 42.6 Å². The molecule has 0 spiro atoms. The fourth-order valence-corrected chi connectivity index (χ4v) is 3.36. The fraction of sp³-hybridized carbons (Fsp3) is 0.450. The van der Waals surface area contributed by atoms with E-state index in [0.717, 1.165) is 22.2 Å². The van der Waals surface area contributed by atoms with Gasteiger partial charge >= 0.3 is 0 Å². The second-order valence-corrected chi connectivity index (χ2v) is 8.19. The summed E-state index contributed by atoms with van der Waals surface area (Å²) >= 11 is 3.41. The van der Waals surface area contributed by atoms with E-state index in [-0.39, 0.29) is 11.8 Å². The van der Waals surface area contributed by atoms with Crippen molar-refractivity contribution in [1.82, 2.24) is 20.0 Å². The lowest BCUT2D eigenvalue weighted by Gasteiger charge is -2.34. The molecule has 3 rings (SSSR count). The van der Waals surface area contributed by atoms with Crippen LogP contribution in [-0.2, 0) is 4.79 Å². The number of H-pyrrole nitrogens is 1. The molecule has 1 aromatic carbocycles. The predicted octanol–water partition coefficient (Wildman–Crippen LogP) is 3.56.